The van der Waals surface area contributed by atoms with Crippen molar-refractivity contribution >= 4 is 11.9 Å². The van der Waals surface area contributed by atoms with Gasteiger partial charge in [-0.1, -0.05) is 12.1 Å². The van der Waals surface area contributed by atoms with Gasteiger partial charge >= 0.3 is 6.18 Å². The molecule has 2 aromatic rings. The molecule has 24 heavy (non-hydrogen) atoms. The summed E-state index contributed by atoms with van der Waals surface area (Å²) >= 11 is 0. The lowest BCUT2D eigenvalue weighted by Gasteiger charge is -2.07. The van der Waals surface area contributed by atoms with Crippen molar-refractivity contribution in [3.05, 3.63) is 59.4 Å². The van der Waals surface area contributed by atoms with E-state index in [0.717, 1.165) is 18.3 Å². The van der Waals surface area contributed by atoms with Crippen LogP contribution in [0.2, 0.25) is 0 Å². The number of halogens is 3. The van der Waals surface area contributed by atoms with Crippen molar-refractivity contribution < 1.29 is 27.4 Å². The van der Waals surface area contributed by atoms with Crippen LogP contribution >= 0.6 is 0 Å². The van der Waals surface area contributed by atoms with E-state index in [0.29, 0.717) is 17.1 Å². The largest absolute Gasteiger partial charge is 0.493 e. The lowest BCUT2D eigenvalue weighted by molar-refractivity contribution is -0.141. The Morgan fingerprint density at radius 3 is 2.33 bits per heavy atom. The quantitative estimate of drug-likeness (QED) is 0.611. The molecule has 0 spiro atoms. The second-order valence-corrected chi connectivity index (χ2v) is 4.74. The molecule has 0 N–H and O–H groups in total. The van der Waals surface area contributed by atoms with Crippen LogP contribution in [0, 0.1) is 0 Å². The summed E-state index contributed by atoms with van der Waals surface area (Å²) in [5.41, 5.74) is -0.288. The molecule has 0 amide bonds. The summed E-state index contributed by atoms with van der Waals surface area (Å²) in [5, 5.41) is 0. The zero-order chi connectivity index (χ0) is 17.7. The topological polar surface area (TPSA) is 48.4 Å². The van der Waals surface area contributed by atoms with E-state index in [4.69, 9.17) is 9.47 Å². The number of carbonyl (C=O) groups is 1. The zero-order valence-corrected chi connectivity index (χ0v) is 12.9. The van der Waals surface area contributed by atoms with Crippen molar-refractivity contribution in [2.75, 3.05) is 14.2 Å². The van der Waals surface area contributed by atoms with E-state index < -0.39 is 17.7 Å². The van der Waals surface area contributed by atoms with E-state index in [1.807, 2.05) is 0 Å². The Bertz CT molecular complexity index is 753. The Morgan fingerprint density at radius 1 is 1.08 bits per heavy atom. The lowest BCUT2D eigenvalue weighted by atomic mass is 10.1. The first-order valence-corrected chi connectivity index (χ1v) is 6.83. The van der Waals surface area contributed by atoms with Gasteiger partial charge in [-0.3, -0.25) is 9.78 Å². The number of pyridine rings is 1. The van der Waals surface area contributed by atoms with Crippen molar-refractivity contribution in [3.8, 4) is 11.5 Å². The highest BCUT2D eigenvalue weighted by atomic mass is 19.4. The number of rotatable bonds is 5. The fourth-order valence-electron chi connectivity index (χ4n) is 1.93. The number of nitrogens with zero attached hydrogens (tertiary/aromatic N) is 1. The van der Waals surface area contributed by atoms with Crippen molar-refractivity contribution in [1.82, 2.24) is 4.98 Å². The number of aromatic nitrogens is 1. The number of ketones is 1. The van der Waals surface area contributed by atoms with Gasteiger partial charge in [-0.2, -0.15) is 13.2 Å². The van der Waals surface area contributed by atoms with Crippen LogP contribution in [0.15, 0.2) is 42.6 Å². The molecule has 0 saturated carbocycles. The molecule has 2 rings (SSSR count). The Morgan fingerprint density at radius 2 is 1.79 bits per heavy atom. The number of hydrogen-bond acceptors (Lipinski definition) is 4. The van der Waals surface area contributed by atoms with Crippen LogP contribution in [0.4, 0.5) is 13.2 Å². The molecule has 0 fully saturated rings. The van der Waals surface area contributed by atoms with Gasteiger partial charge in [-0.05, 0) is 35.9 Å². The molecule has 1 aromatic heterocycles. The van der Waals surface area contributed by atoms with Gasteiger partial charge in [0, 0.05) is 11.8 Å². The fraction of sp³-hybridized carbons (Fsp3) is 0.176. The number of benzene rings is 1. The van der Waals surface area contributed by atoms with Crippen molar-refractivity contribution in [2.45, 2.75) is 6.18 Å². The maximum Gasteiger partial charge on any atom is 0.433 e. The Kier molecular flexibility index (Phi) is 5.23. The third-order valence-electron chi connectivity index (χ3n) is 3.17. The summed E-state index contributed by atoms with van der Waals surface area (Å²) < 4.78 is 47.6. The minimum Gasteiger partial charge on any atom is -0.493 e. The molecule has 0 saturated heterocycles. The summed E-state index contributed by atoms with van der Waals surface area (Å²) in [7, 11) is 3.00. The fourth-order valence-corrected chi connectivity index (χ4v) is 1.93. The van der Waals surface area contributed by atoms with E-state index in [-0.39, 0.29) is 5.56 Å². The van der Waals surface area contributed by atoms with Gasteiger partial charge in [0.05, 0.1) is 14.2 Å². The highest BCUT2D eigenvalue weighted by Gasteiger charge is 2.32. The molecule has 0 bridgehead atoms. The second kappa shape index (κ2) is 7.16. The van der Waals surface area contributed by atoms with E-state index >= 15 is 0 Å². The first-order chi connectivity index (χ1) is 11.3. The number of allylic oxidation sites excluding steroid dienone is 1. The zero-order valence-electron chi connectivity index (χ0n) is 12.9. The number of alkyl halides is 3. The smallest absolute Gasteiger partial charge is 0.433 e. The van der Waals surface area contributed by atoms with E-state index in [9.17, 15) is 18.0 Å². The van der Waals surface area contributed by atoms with Gasteiger partial charge in [-0.25, -0.2) is 0 Å². The Balaban J connectivity index is 2.15. The van der Waals surface area contributed by atoms with Gasteiger partial charge < -0.3 is 9.47 Å². The molecule has 1 aromatic carbocycles. The maximum atomic E-state index is 12.4. The first kappa shape index (κ1) is 17.5. The van der Waals surface area contributed by atoms with Gasteiger partial charge in [0.15, 0.2) is 17.3 Å². The number of methoxy groups -OCH3 is 2. The molecule has 1 heterocycles. The van der Waals surface area contributed by atoms with E-state index in [1.54, 1.807) is 18.2 Å². The minimum absolute atomic E-state index is 0.0692. The second-order valence-electron chi connectivity index (χ2n) is 4.74. The summed E-state index contributed by atoms with van der Waals surface area (Å²) in [6.07, 6.45) is -0.839. The number of ether oxygens (including phenoxy) is 2. The highest BCUT2D eigenvalue weighted by molar-refractivity contribution is 6.06. The third-order valence-corrected chi connectivity index (χ3v) is 3.17. The predicted molar refractivity (Wildman–Crippen MR) is 82.1 cm³/mol. The summed E-state index contributed by atoms with van der Waals surface area (Å²) in [5.74, 6) is 0.599. The monoisotopic (exact) mass is 337 g/mol. The maximum absolute atomic E-state index is 12.4. The van der Waals surface area contributed by atoms with Crippen LogP contribution < -0.4 is 9.47 Å². The average molecular weight is 337 g/mol. The predicted octanol–water partition coefficient (Wildman–Crippen LogP) is 4.01. The average Bonchev–Trinajstić information content (AvgIpc) is 2.58. The molecular formula is C17H14F3NO3. The molecule has 7 heteroatoms. The van der Waals surface area contributed by atoms with Gasteiger partial charge in [-0.15, -0.1) is 0 Å². The molecular weight excluding hydrogens is 323 g/mol. The van der Waals surface area contributed by atoms with E-state index in [1.165, 1.54) is 26.4 Å². The van der Waals surface area contributed by atoms with Crippen LogP contribution in [0.25, 0.3) is 6.08 Å². The van der Waals surface area contributed by atoms with Gasteiger partial charge in [0.1, 0.15) is 5.69 Å². The molecule has 0 aliphatic carbocycles. The van der Waals surface area contributed by atoms with Gasteiger partial charge in [0.2, 0.25) is 0 Å². The molecule has 0 unspecified atom stereocenters. The number of hydrogen-bond donors (Lipinski definition) is 0. The van der Waals surface area contributed by atoms with Crippen LogP contribution in [-0.2, 0) is 6.18 Å². The summed E-state index contributed by atoms with van der Waals surface area (Å²) in [6.45, 7) is 0. The van der Waals surface area contributed by atoms with Crippen molar-refractivity contribution in [3.63, 3.8) is 0 Å². The number of carbonyl (C=O) groups excluding carboxylic acids is 1. The van der Waals surface area contributed by atoms with Crippen LogP contribution in [0.5, 0.6) is 11.5 Å². The molecule has 0 aliphatic heterocycles. The van der Waals surface area contributed by atoms with Crippen molar-refractivity contribution in [2.24, 2.45) is 0 Å². The van der Waals surface area contributed by atoms with Gasteiger partial charge in [0.25, 0.3) is 0 Å². The van der Waals surface area contributed by atoms with Crippen LogP contribution in [0.3, 0.4) is 0 Å². The minimum atomic E-state index is -4.53. The third kappa shape index (κ3) is 4.13. The SMILES string of the molecule is COc1ccc(/C=C/C(=O)c2ccc(C(F)(F)F)nc2)cc1OC. The Hall–Kier alpha value is -2.83. The molecule has 0 radical (unpaired) electrons. The summed E-state index contributed by atoms with van der Waals surface area (Å²) in [6, 6.07) is 6.95. The van der Waals surface area contributed by atoms with Crippen LogP contribution in [-0.4, -0.2) is 25.0 Å². The molecule has 0 atom stereocenters. The van der Waals surface area contributed by atoms with Crippen LogP contribution in [0.1, 0.15) is 21.6 Å². The van der Waals surface area contributed by atoms with Crippen molar-refractivity contribution in [1.29, 1.82) is 0 Å². The highest BCUT2D eigenvalue weighted by Crippen LogP contribution is 2.28. The first-order valence-electron chi connectivity index (χ1n) is 6.83. The summed E-state index contributed by atoms with van der Waals surface area (Å²) in [4.78, 5) is 15.3. The Labute approximate surface area is 136 Å². The normalized spacial score (nSPS) is 11.5. The molecule has 0 aliphatic rings. The molecule has 126 valence electrons. The van der Waals surface area contributed by atoms with E-state index in [2.05, 4.69) is 4.98 Å². The molecule has 4 nitrogen and oxygen atoms in total. The lowest BCUT2D eigenvalue weighted by Crippen LogP contribution is -2.08. The standard InChI is InChI=1S/C17H14F3NO3/c1-23-14-7-4-11(9-15(14)24-2)3-6-13(22)12-5-8-16(21-10-12)17(18,19)20/h3-10H,1-2H3/b6-3+.